The minimum Gasteiger partial charge on any atom is -0.466 e. The Balaban J connectivity index is 1.40. The summed E-state index contributed by atoms with van der Waals surface area (Å²) in [7, 11) is 1.98. The summed E-state index contributed by atoms with van der Waals surface area (Å²) < 4.78 is 5.49. The normalized spacial score (nSPS) is 33.5. The number of nitrogens with zero attached hydrogens (tertiary/aromatic N) is 2. The molecule has 2 saturated heterocycles. The van der Waals surface area contributed by atoms with Crippen molar-refractivity contribution in [1.29, 1.82) is 0 Å². The number of carbonyl (C=O) groups excluding carboxylic acids is 1. The summed E-state index contributed by atoms with van der Waals surface area (Å²) in [6.07, 6.45) is 11.2. The van der Waals surface area contributed by atoms with Gasteiger partial charge in [0.1, 0.15) is 11.4 Å². The number of hydrogen-bond acceptors (Lipinski definition) is 4. The van der Waals surface area contributed by atoms with Gasteiger partial charge in [0.15, 0.2) is 0 Å². The number of hydrogen-bond donors (Lipinski definition) is 1. The van der Waals surface area contributed by atoms with Crippen LogP contribution in [-0.4, -0.2) is 52.5 Å². The quantitative estimate of drug-likeness (QED) is 0.911. The van der Waals surface area contributed by atoms with Gasteiger partial charge in [-0.3, -0.25) is 9.69 Å². The third-order valence-corrected chi connectivity index (χ3v) is 6.73. The topological polar surface area (TPSA) is 56.9 Å². The van der Waals surface area contributed by atoms with Crippen LogP contribution < -0.4 is 0 Å². The standard InChI is InChI=1S/C20H30N2O3/c1-21(15-6-3-2-4-7-15)19(23)14-22-16-9-10-17(22)13-20(24,12-16)18-8-5-11-25-18/h5,8,11,15-17,24H,2-4,6-7,9-10,12-14H2,1H3/t16-,17-/m0/s1. The van der Waals surface area contributed by atoms with Crippen LogP contribution in [0.1, 0.15) is 63.5 Å². The maximum Gasteiger partial charge on any atom is 0.236 e. The molecule has 1 N–H and O–H groups in total. The molecule has 1 saturated carbocycles. The van der Waals surface area contributed by atoms with E-state index in [0.717, 1.165) is 25.7 Å². The SMILES string of the molecule is CN(C(=O)CN1[C@H]2CC[C@H]1CC(O)(c1ccco1)C2)C1CCCCC1. The van der Waals surface area contributed by atoms with E-state index in [4.69, 9.17) is 4.42 Å². The first-order chi connectivity index (χ1) is 12.1. The van der Waals surface area contributed by atoms with Crippen molar-refractivity contribution in [3.8, 4) is 0 Å². The first kappa shape index (κ1) is 17.1. The fourth-order valence-electron chi connectivity index (χ4n) is 5.26. The van der Waals surface area contributed by atoms with E-state index in [0.29, 0.717) is 31.2 Å². The molecule has 2 bridgehead atoms. The maximum atomic E-state index is 12.8. The van der Waals surface area contributed by atoms with Crippen molar-refractivity contribution in [2.45, 2.75) is 81.5 Å². The van der Waals surface area contributed by atoms with Crippen LogP contribution in [0.3, 0.4) is 0 Å². The van der Waals surface area contributed by atoms with Crippen LogP contribution in [0.5, 0.6) is 0 Å². The molecule has 0 radical (unpaired) electrons. The van der Waals surface area contributed by atoms with E-state index >= 15 is 0 Å². The lowest BCUT2D eigenvalue weighted by atomic mass is 9.84. The number of aliphatic hydroxyl groups is 1. The van der Waals surface area contributed by atoms with Gasteiger partial charge in [0, 0.05) is 25.2 Å². The summed E-state index contributed by atoms with van der Waals surface area (Å²) in [5.41, 5.74) is -0.871. The summed E-state index contributed by atoms with van der Waals surface area (Å²) in [5.74, 6) is 0.918. The molecule has 5 heteroatoms. The average Bonchev–Trinajstić information content (AvgIpc) is 3.24. The molecule has 2 atom stereocenters. The van der Waals surface area contributed by atoms with Gasteiger partial charge in [0.25, 0.3) is 0 Å². The lowest BCUT2D eigenvalue weighted by Crippen LogP contribution is -2.53. The first-order valence-electron chi connectivity index (χ1n) is 9.84. The number of piperidine rings is 1. The number of carbonyl (C=O) groups is 1. The largest absolute Gasteiger partial charge is 0.466 e. The molecule has 3 heterocycles. The average molecular weight is 346 g/mol. The predicted molar refractivity (Wildman–Crippen MR) is 95.0 cm³/mol. The van der Waals surface area contributed by atoms with Gasteiger partial charge in [-0.2, -0.15) is 0 Å². The van der Waals surface area contributed by atoms with E-state index in [1.807, 2.05) is 24.1 Å². The molecule has 1 aromatic heterocycles. The van der Waals surface area contributed by atoms with Crippen molar-refractivity contribution in [3.05, 3.63) is 24.2 Å². The van der Waals surface area contributed by atoms with E-state index in [9.17, 15) is 9.90 Å². The molecule has 3 fully saturated rings. The monoisotopic (exact) mass is 346 g/mol. The molecule has 0 unspecified atom stereocenters. The number of fused-ring (bicyclic) bond motifs is 2. The lowest BCUT2D eigenvalue weighted by molar-refractivity contribution is -0.137. The zero-order valence-electron chi connectivity index (χ0n) is 15.2. The summed E-state index contributed by atoms with van der Waals surface area (Å²) in [6.45, 7) is 0.497. The van der Waals surface area contributed by atoms with Crippen molar-refractivity contribution in [1.82, 2.24) is 9.80 Å². The highest BCUT2D eigenvalue weighted by Crippen LogP contribution is 2.45. The van der Waals surface area contributed by atoms with Crippen LogP contribution in [-0.2, 0) is 10.4 Å². The van der Waals surface area contributed by atoms with E-state index < -0.39 is 5.60 Å². The molecule has 4 rings (SSSR count). The highest BCUT2D eigenvalue weighted by molar-refractivity contribution is 5.78. The summed E-state index contributed by atoms with van der Waals surface area (Å²) in [5, 5.41) is 11.1. The number of likely N-dealkylation sites (N-methyl/N-ethyl adjacent to an activating group) is 1. The van der Waals surface area contributed by atoms with Crippen LogP contribution in [0.4, 0.5) is 0 Å². The number of rotatable bonds is 4. The van der Waals surface area contributed by atoms with Gasteiger partial charge < -0.3 is 14.4 Å². The Hall–Kier alpha value is -1.33. The smallest absolute Gasteiger partial charge is 0.236 e. The molecule has 0 aromatic carbocycles. The van der Waals surface area contributed by atoms with E-state index in [-0.39, 0.29) is 18.0 Å². The molecule has 3 aliphatic rings. The second kappa shape index (κ2) is 6.76. The minimum absolute atomic E-state index is 0.243. The van der Waals surface area contributed by atoms with Gasteiger partial charge in [0.2, 0.25) is 5.91 Å². The maximum absolute atomic E-state index is 12.8. The fraction of sp³-hybridized carbons (Fsp3) is 0.750. The molecule has 0 spiro atoms. The van der Waals surface area contributed by atoms with Crippen LogP contribution >= 0.6 is 0 Å². The van der Waals surface area contributed by atoms with E-state index in [1.54, 1.807) is 6.26 Å². The third-order valence-electron chi connectivity index (χ3n) is 6.73. The van der Waals surface area contributed by atoms with E-state index in [1.165, 1.54) is 19.3 Å². The minimum atomic E-state index is -0.871. The van der Waals surface area contributed by atoms with E-state index in [2.05, 4.69) is 4.90 Å². The van der Waals surface area contributed by atoms with Crippen molar-refractivity contribution in [2.24, 2.45) is 0 Å². The zero-order valence-corrected chi connectivity index (χ0v) is 15.2. The van der Waals surface area contributed by atoms with Gasteiger partial charge in [0.05, 0.1) is 12.8 Å². The molecule has 2 aliphatic heterocycles. The summed E-state index contributed by atoms with van der Waals surface area (Å²) in [4.78, 5) is 17.2. The Kier molecular flexibility index (Phi) is 4.63. The van der Waals surface area contributed by atoms with Gasteiger partial charge in [-0.15, -0.1) is 0 Å². The Morgan fingerprint density at radius 1 is 1.24 bits per heavy atom. The second-order valence-corrected chi connectivity index (χ2v) is 8.27. The molecule has 1 amide bonds. The molecular weight excluding hydrogens is 316 g/mol. The highest BCUT2D eigenvalue weighted by atomic mass is 16.4. The molecule has 5 nitrogen and oxygen atoms in total. The van der Waals surface area contributed by atoms with Gasteiger partial charge in [-0.25, -0.2) is 0 Å². The number of furan rings is 1. The Morgan fingerprint density at radius 2 is 1.92 bits per heavy atom. The molecular formula is C20H30N2O3. The molecule has 1 aliphatic carbocycles. The summed E-state index contributed by atoms with van der Waals surface area (Å²) >= 11 is 0. The fourth-order valence-corrected chi connectivity index (χ4v) is 5.26. The van der Waals surface area contributed by atoms with Gasteiger partial charge >= 0.3 is 0 Å². The van der Waals surface area contributed by atoms with Crippen LogP contribution in [0, 0.1) is 0 Å². The van der Waals surface area contributed by atoms with Crippen molar-refractivity contribution in [2.75, 3.05) is 13.6 Å². The van der Waals surface area contributed by atoms with Gasteiger partial charge in [-0.1, -0.05) is 19.3 Å². The number of amides is 1. The Labute approximate surface area is 150 Å². The lowest BCUT2D eigenvalue weighted by Gasteiger charge is -2.43. The van der Waals surface area contributed by atoms with Gasteiger partial charge in [-0.05, 0) is 50.7 Å². The summed E-state index contributed by atoms with van der Waals surface area (Å²) in [6, 6.07) is 4.68. The zero-order chi connectivity index (χ0) is 17.4. The highest BCUT2D eigenvalue weighted by Gasteiger charge is 2.50. The molecule has 25 heavy (non-hydrogen) atoms. The first-order valence-corrected chi connectivity index (χ1v) is 9.84. The second-order valence-electron chi connectivity index (χ2n) is 8.27. The van der Waals surface area contributed by atoms with Crippen LogP contribution in [0.15, 0.2) is 22.8 Å². The third kappa shape index (κ3) is 3.24. The van der Waals surface area contributed by atoms with Crippen LogP contribution in [0.25, 0.3) is 0 Å². The molecule has 1 aromatic rings. The predicted octanol–water partition coefficient (Wildman–Crippen LogP) is 2.89. The Morgan fingerprint density at radius 3 is 2.52 bits per heavy atom. The molecule has 138 valence electrons. The van der Waals surface area contributed by atoms with Crippen molar-refractivity contribution < 1.29 is 14.3 Å². The van der Waals surface area contributed by atoms with Crippen LogP contribution in [0.2, 0.25) is 0 Å². The van der Waals surface area contributed by atoms with Crippen molar-refractivity contribution >= 4 is 5.91 Å². The van der Waals surface area contributed by atoms with Crippen molar-refractivity contribution in [3.63, 3.8) is 0 Å². The Bertz CT molecular complexity index is 580.